The molecule has 1 atom stereocenters. The van der Waals surface area contributed by atoms with Gasteiger partial charge in [0.1, 0.15) is 11.6 Å². The maximum atomic E-state index is 13.9. The molecule has 0 saturated carbocycles. The van der Waals surface area contributed by atoms with Crippen LogP contribution < -0.4 is 11.3 Å². The van der Waals surface area contributed by atoms with Crippen molar-refractivity contribution in [1.29, 1.82) is 0 Å². The van der Waals surface area contributed by atoms with Gasteiger partial charge in [-0.15, -0.1) is 0 Å². The molecule has 1 unspecified atom stereocenters. The summed E-state index contributed by atoms with van der Waals surface area (Å²) in [6.45, 7) is 0. The second kappa shape index (κ2) is 6.63. The zero-order valence-corrected chi connectivity index (χ0v) is 12.7. The van der Waals surface area contributed by atoms with Crippen molar-refractivity contribution in [2.75, 3.05) is 0 Å². The summed E-state index contributed by atoms with van der Waals surface area (Å²) in [5.74, 6) is 4.67. The van der Waals surface area contributed by atoms with Gasteiger partial charge in [-0.25, -0.2) is 8.78 Å². The van der Waals surface area contributed by atoms with Crippen molar-refractivity contribution in [3.63, 3.8) is 0 Å². The molecule has 0 heterocycles. The quantitative estimate of drug-likeness (QED) is 0.635. The SMILES string of the molecule is NNC(Cc1cccc(F)c1Br)c1ccc(Cl)cc1F. The molecule has 6 heteroatoms. The second-order valence-electron chi connectivity index (χ2n) is 4.30. The third-order valence-corrected chi connectivity index (χ3v) is 4.12. The predicted molar refractivity (Wildman–Crippen MR) is 79.3 cm³/mol. The molecule has 0 aliphatic heterocycles. The fourth-order valence-corrected chi connectivity index (χ4v) is 2.55. The third-order valence-electron chi connectivity index (χ3n) is 2.99. The van der Waals surface area contributed by atoms with Gasteiger partial charge in [0.2, 0.25) is 0 Å². The lowest BCUT2D eigenvalue weighted by Gasteiger charge is -2.18. The molecule has 2 aromatic rings. The van der Waals surface area contributed by atoms with Crippen LogP contribution in [0, 0.1) is 11.6 Å². The Hall–Kier alpha value is -1.01. The first-order valence-corrected chi connectivity index (χ1v) is 7.04. The summed E-state index contributed by atoms with van der Waals surface area (Å²) in [6, 6.07) is 8.60. The number of halogens is 4. The zero-order chi connectivity index (χ0) is 14.7. The van der Waals surface area contributed by atoms with Gasteiger partial charge in [-0.05, 0) is 46.1 Å². The van der Waals surface area contributed by atoms with E-state index >= 15 is 0 Å². The highest BCUT2D eigenvalue weighted by Gasteiger charge is 2.17. The minimum Gasteiger partial charge on any atom is -0.271 e. The average Bonchev–Trinajstić information content (AvgIpc) is 2.41. The molecule has 0 aliphatic carbocycles. The van der Waals surface area contributed by atoms with Gasteiger partial charge in [0.15, 0.2) is 0 Å². The molecule has 0 aromatic heterocycles. The number of hydrazine groups is 1. The minimum atomic E-state index is -0.481. The smallest absolute Gasteiger partial charge is 0.137 e. The van der Waals surface area contributed by atoms with E-state index in [1.165, 1.54) is 12.1 Å². The maximum absolute atomic E-state index is 13.9. The van der Waals surface area contributed by atoms with Gasteiger partial charge < -0.3 is 0 Å². The van der Waals surface area contributed by atoms with Crippen molar-refractivity contribution < 1.29 is 8.78 Å². The van der Waals surface area contributed by atoms with E-state index in [2.05, 4.69) is 21.4 Å². The van der Waals surface area contributed by atoms with E-state index < -0.39 is 11.9 Å². The first-order valence-electron chi connectivity index (χ1n) is 5.87. The molecule has 0 spiro atoms. The normalized spacial score (nSPS) is 12.4. The Balaban J connectivity index is 2.31. The summed E-state index contributed by atoms with van der Waals surface area (Å²) in [5, 5.41) is 0.314. The van der Waals surface area contributed by atoms with Crippen LogP contribution in [0.5, 0.6) is 0 Å². The first kappa shape index (κ1) is 15.4. The van der Waals surface area contributed by atoms with E-state index in [1.54, 1.807) is 24.3 Å². The molecule has 2 rings (SSSR count). The van der Waals surface area contributed by atoms with Crippen LogP contribution >= 0.6 is 27.5 Å². The number of hydrogen-bond acceptors (Lipinski definition) is 2. The van der Waals surface area contributed by atoms with Crippen molar-refractivity contribution in [2.24, 2.45) is 5.84 Å². The van der Waals surface area contributed by atoms with Crippen molar-refractivity contribution in [2.45, 2.75) is 12.5 Å². The lowest BCUT2D eigenvalue weighted by atomic mass is 9.99. The number of benzene rings is 2. The second-order valence-corrected chi connectivity index (χ2v) is 5.53. The Morgan fingerprint density at radius 1 is 1.20 bits per heavy atom. The molecule has 0 bridgehead atoms. The van der Waals surface area contributed by atoms with Gasteiger partial charge in [0, 0.05) is 10.6 Å². The van der Waals surface area contributed by atoms with Crippen LogP contribution in [0.15, 0.2) is 40.9 Å². The van der Waals surface area contributed by atoms with Crippen LogP contribution in [0.3, 0.4) is 0 Å². The van der Waals surface area contributed by atoms with Crippen LogP contribution in [-0.2, 0) is 6.42 Å². The Morgan fingerprint density at radius 3 is 2.60 bits per heavy atom. The van der Waals surface area contributed by atoms with E-state index in [9.17, 15) is 8.78 Å². The number of nitrogens with two attached hydrogens (primary N) is 1. The van der Waals surface area contributed by atoms with Crippen LogP contribution in [0.1, 0.15) is 17.2 Å². The Bertz CT molecular complexity index is 622. The van der Waals surface area contributed by atoms with Gasteiger partial charge in [0.25, 0.3) is 0 Å². The molecule has 0 saturated heterocycles. The number of rotatable bonds is 4. The summed E-state index contributed by atoms with van der Waals surface area (Å²) in [6.07, 6.45) is 0.341. The Morgan fingerprint density at radius 2 is 1.95 bits per heavy atom. The minimum absolute atomic E-state index is 0.314. The maximum Gasteiger partial charge on any atom is 0.137 e. The van der Waals surface area contributed by atoms with E-state index in [1.807, 2.05) is 0 Å². The van der Waals surface area contributed by atoms with Crippen molar-refractivity contribution >= 4 is 27.5 Å². The molecular weight excluding hydrogens is 350 g/mol. The largest absolute Gasteiger partial charge is 0.271 e. The number of hydrogen-bond donors (Lipinski definition) is 2. The highest BCUT2D eigenvalue weighted by atomic mass is 79.9. The molecule has 2 aromatic carbocycles. The molecule has 0 aliphatic rings. The fourth-order valence-electron chi connectivity index (χ4n) is 1.97. The molecule has 0 amide bonds. The van der Waals surface area contributed by atoms with Crippen molar-refractivity contribution in [1.82, 2.24) is 5.43 Å². The van der Waals surface area contributed by atoms with Gasteiger partial charge in [-0.3, -0.25) is 11.3 Å². The molecule has 106 valence electrons. The highest BCUT2D eigenvalue weighted by Crippen LogP contribution is 2.27. The van der Waals surface area contributed by atoms with Crippen molar-refractivity contribution in [3.05, 3.63) is 68.7 Å². The standard InChI is InChI=1S/C14H12BrClF2N2/c15-14-8(2-1-3-11(14)17)6-13(20-19)10-5-4-9(16)7-12(10)18/h1-5,7,13,20H,6,19H2. The third kappa shape index (κ3) is 3.35. The van der Waals surface area contributed by atoms with Crippen LogP contribution in [0.4, 0.5) is 8.78 Å². The summed E-state index contributed by atoms with van der Waals surface area (Å²) in [4.78, 5) is 0. The fraction of sp³-hybridized carbons (Fsp3) is 0.143. The molecule has 2 nitrogen and oxygen atoms in total. The van der Waals surface area contributed by atoms with Gasteiger partial charge in [-0.1, -0.05) is 29.8 Å². The van der Waals surface area contributed by atoms with E-state index in [0.29, 0.717) is 27.0 Å². The molecule has 0 fully saturated rings. The lowest BCUT2D eigenvalue weighted by molar-refractivity contribution is 0.508. The summed E-state index contributed by atoms with van der Waals surface area (Å²) in [7, 11) is 0. The zero-order valence-electron chi connectivity index (χ0n) is 10.3. The summed E-state index contributed by atoms with van der Waals surface area (Å²) >= 11 is 8.90. The molecule has 20 heavy (non-hydrogen) atoms. The van der Waals surface area contributed by atoms with E-state index in [0.717, 1.165) is 0 Å². The van der Waals surface area contributed by atoms with Crippen LogP contribution in [-0.4, -0.2) is 0 Å². The number of nitrogens with one attached hydrogen (secondary N) is 1. The van der Waals surface area contributed by atoms with Crippen LogP contribution in [0.2, 0.25) is 5.02 Å². The topological polar surface area (TPSA) is 38.0 Å². The monoisotopic (exact) mass is 360 g/mol. The Labute approximate surface area is 129 Å². The van der Waals surface area contributed by atoms with Gasteiger partial charge in [0.05, 0.1) is 10.5 Å². The molecular formula is C14H12BrClF2N2. The van der Waals surface area contributed by atoms with Gasteiger partial charge in [-0.2, -0.15) is 0 Å². The molecule has 3 N–H and O–H groups in total. The summed E-state index contributed by atoms with van der Waals surface area (Å²) < 4.78 is 27.7. The van der Waals surface area contributed by atoms with Gasteiger partial charge >= 0.3 is 0 Å². The highest BCUT2D eigenvalue weighted by molar-refractivity contribution is 9.10. The van der Waals surface area contributed by atoms with Crippen LogP contribution in [0.25, 0.3) is 0 Å². The predicted octanol–water partition coefficient (Wildman–Crippen LogP) is 4.13. The molecule has 0 radical (unpaired) electrons. The van der Waals surface area contributed by atoms with E-state index in [-0.39, 0.29) is 5.82 Å². The first-order chi connectivity index (χ1) is 9.52. The summed E-state index contributed by atoms with van der Waals surface area (Å²) in [5.41, 5.74) is 3.63. The lowest BCUT2D eigenvalue weighted by Crippen LogP contribution is -2.30. The average molecular weight is 362 g/mol. The van der Waals surface area contributed by atoms with E-state index in [4.69, 9.17) is 17.4 Å². The van der Waals surface area contributed by atoms with Crippen molar-refractivity contribution in [3.8, 4) is 0 Å². The Kier molecular flexibility index (Phi) is 5.10.